The van der Waals surface area contributed by atoms with Crippen molar-refractivity contribution in [1.29, 1.82) is 0 Å². The van der Waals surface area contributed by atoms with Crippen molar-refractivity contribution in [2.45, 2.75) is 26.7 Å². The third-order valence-electron chi connectivity index (χ3n) is 4.82. The molecule has 0 radical (unpaired) electrons. The normalized spacial score (nSPS) is 11.6. The zero-order valence-corrected chi connectivity index (χ0v) is 19.2. The second-order valence-corrected chi connectivity index (χ2v) is 8.07. The van der Waals surface area contributed by atoms with Crippen LogP contribution in [0.25, 0.3) is 16.9 Å². The van der Waals surface area contributed by atoms with Crippen molar-refractivity contribution in [1.82, 2.24) is 19.5 Å². The lowest BCUT2D eigenvalue weighted by Crippen LogP contribution is -2.32. The molecule has 0 saturated carbocycles. The average molecular weight is 462 g/mol. The number of anilines is 1. The highest BCUT2D eigenvalue weighted by molar-refractivity contribution is 9.10. The molecule has 0 N–H and O–H groups in total. The molecule has 3 aromatic rings. The van der Waals surface area contributed by atoms with Gasteiger partial charge in [-0.25, -0.2) is 15.0 Å². The van der Waals surface area contributed by atoms with E-state index in [9.17, 15) is 0 Å². The van der Waals surface area contributed by atoms with E-state index in [2.05, 4.69) is 57.9 Å². The summed E-state index contributed by atoms with van der Waals surface area (Å²) in [6, 6.07) is 6.41. The second kappa shape index (κ2) is 9.65. The van der Waals surface area contributed by atoms with Crippen LogP contribution in [0.4, 0.5) is 5.82 Å². The minimum atomic E-state index is 0.464. The average Bonchev–Trinajstić information content (AvgIpc) is 3.11. The standard InChI is InChI=1S/C21H28BrN5O2/c1-14(2)16-6-7-18(17(22)12-16)27-13-23-19-20(24-15(3)25-21(19)27)26(8-10-28-4)9-11-29-5/h6-7,12-14H,8-11H2,1-5H3. The number of aryl methyl sites for hydroxylation is 1. The third-order valence-corrected chi connectivity index (χ3v) is 5.45. The summed E-state index contributed by atoms with van der Waals surface area (Å²) in [4.78, 5) is 16.2. The third kappa shape index (κ3) is 4.76. The van der Waals surface area contributed by atoms with E-state index in [0.29, 0.717) is 38.0 Å². The number of methoxy groups -OCH3 is 2. The molecule has 0 saturated heterocycles. The zero-order chi connectivity index (χ0) is 21.0. The van der Waals surface area contributed by atoms with Crippen molar-refractivity contribution >= 4 is 32.9 Å². The Morgan fingerprint density at radius 1 is 1.10 bits per heavy atom. The van der Waals surface area contributed by atoms with Crippen LogP contribution in [0, 0.1) is 6.92 Å². The lowest BCUT2D eigenvalue weighted by molar-refractivity contribution is 0.190. The van der Waals surface area contributed by atoms with E-state index in [0.717, 1.165) is 27.1 Å². The van der Waals surface area contributed by atoms with E-state index in [4.69, 9.17) is 19.4 Å². The van der Waals surface area contributed by atoms with Gasteiger partial charge in [0.15, 0.2) is 17.0 Å². The molecule has 0 aliphatic heterocycles. The lowest BCUT2D eigenvalue weighted by Gasteiger charge is -2.23. The molecule has 0 atom stereocenters. The summed E-state index contributed by atoms with van der Waals surface area (Å²) in [6.45, 7) is 8.86. The van der Waals surface area contributed by atoms with Gasteiger partial charge in [0.2, 0.25) is 0 Å². The zero-order valence-electron chi connectivity index (χ0n) is 17.6. The Bertz CT molecular complexity index is 965. The Labute approximate surface area is 180 Å². The number of hydrogen-bond donors (Lipinski definition) is 0. The van der Waals surface area contributed by atoms with Crippen molar-refractivity contribution in [3.8, 4) is 5.69 Å². The molecule has 0 bridgehead atoms. The summed E-state index contributed by atoms with van der Waals surface area (Å²) < 4.78 is 13.6. The molecule has 156 valence electrons. The number of ether oxygens (including phenoxy) is 2. The van der Waals surface area contributed by atoms with E-state index in [1.165, 1.54) is 5.56 Å². The van der Waals surface area contributed by atoms with E-state index < -0.39 is 0 Å². The van der Waals surface area contributed by atoms with Gasteiger partial charge >= 0.3 is 0 Å². The van der Waals surface area contributed by atoms with Gasteiger partial charge in [0.25, 0.3) is 0 Å². The lowest BCUT2D eigenvalue weighted by atomic mass is 10.0. The number of rotatable bonds is 9. The Morgan fingerprint density at radius 2 is 1.79 bits per heavy atom. The maximum Gasteiger partial charge on any atom is 0.170 e. The van der Waals surface area contributed by atoms with Gasteiger partial charge in [-0.05, 0) is 46.5 Å². The van der Waals surface area contributed by atoms with E-state index in [-0.39, 0.29) is 0 Å². The summed E-state index contributed by atoms with van der Waals surface area (Å²) in [6.07, 6.45) is 1.81. The van der Waals surface area contributed by atoms with E-state index in [1.54, 1.807) is 14.2 Å². The summed E-state index contributed by atoms with van der Waals surface area (Å²) in [5.74, 6) is 1.96. The molecule has 0 spiro atoms. The van der Waals surface area contributed by atoms with E-state index in [1.807, 2.05) is 17.8 Å². The van der Waals surface area contributed by atoms with Crippen molar-refractivity contribution in [2.75, 3.05) is 45.4 Å². The van der Waals surface area contributed by atoms with Gasteiger partial charge in [-0.15, -0.1) is 0 Å². The van der Waals surface area contributed by atoms with Gasteiger partial charge in [-0.1, -0.05) is 19.9 Å². The van der Waals surface area contributed by atoms with Gasteiger partial charge in [-0.2, -0.15) is 0 Å². The van der Waals surface area contributed by atoms with Gasteiger partial charge in [0.1, 0.15) is 12.2 Å². The number of imidazole rings is 1. The topological polar surface area (TPSA) is 65.3 Å². The van der Waals surface area contributed by atoms with Crippen molar-refractivity contribution < 1.29 is 9.47 Å². The van der Waals surface area contributed by atoms with Crippen LogP contribution in [0.2, 0.25) is 0 Å². The molecular weight excluding hydrogens is 434 g/mol. The Kier molecular flexibility index (Phi) is 7.21. The first-order chi connectivity index (χ1) is 14.0. The summed E-state index contributed by atoms with van der Waals surface area (Å²) >= 11 is 3.72. The van der Waals surface area contributed by atoms with Crippen molar-refractivity contribution in [3.63, 3.8) is 0 Å². The molecule has 0 fully saturated rings. The van der Waals surface area contributed by atoms with Gasteiger partial charge in [-0.3, -0.25) is 4.57 Å². The first kappa shape index (κ1) is 21.7. The van der Waals surface area contributed by atoms with Gasteiger partial charge in [0, 0.05) is 31.8 Å². The predicted octanol–water partition coefficient (Wildman–Crippen LogP) is 4.11. The quantitative estimate of drug-likeness (QED) is 0.477. The highest BCUT2D eigenvalue weighted by atomic mass is 79.9. The van der Waals surface area contributed by atoms with Crippen LogP contribution in [0.15, 0.2) is 29.0 Å². The van der Waals surface area contributed by atoms with Crippen LogP contribution in [0.3, 0.4) is 0 Å². The van der Waals surface area contributed by atoms with Gasteiger partial charge < -0.3 is 14.4 Å². The number of benzene rings is 1. The monoisotopic (exact) mass is 461 g/mol. The summed E-state index contributed by atoms with van der Waals surface area (Å²) in [7, 11) is 3.39. The van der Waals surface area contributed by atoms with Gasteiger partial charge in [0.05, 0.1) is 18.9 Å². The molecule has 0 unspecified atom stereocenters. The predicted molar refractivity (Wildman–Crippen MR) is 119 cm³/mol. The molecule has 0 amide bonds. The fraction of sp³-hybridized carbons (Fsp3) is 0.476. The Morgan fingerprint density at radius 3 is 2.38 bits per heavy atom. The molecule has 1 aromatic carbocycles. The molecular formula is C21H28BrN5O2. The highest BCUT2D eigenvalue weighted by Crippen LogP contribution is 2.30. The number of halogens is 1. The Hall–Kier alpha value is -2.03. The number of nitrogens with zero attached hydrogens (tertiary/aromatic N) is 5. The SMILES string of the molecule is COCCN(CCOC)c1nc(C)nc2c1ncn2-c1ccc(C(C)C)cc1Br. The van der Waals surface area contributed by atoms with Crippen LogP contribution < -0.4 is 4.90 Å². The maximum absolute atomic E-state index is 5.28. The summed E-state index contributed by atoms with van der Waals surface area (Å²) in [5.41, 5.74) is 3.83. The minimum Gasteiger partial charge on any atom is -0.383 e. The molecule has 0 aliphatic carbocycles. The molecule has 0 aliphatic rings. The van der Waals surface area contributed by atoms with Crippen LogP contribution in [0.5, 0.6) is 0 Å². The first-order valence-corrected chi connectivity index (χ1v) is 10.5. The smallest absolute Gasteiger partial charge is 0.170 e. The largest absolute Gasteiger partial charge is 0.383 e. The van der Waals surface area contributed by atoms with Crippen LogP contribution in [0.1, 0.15) is 31.2 Å². The molecule has 3 rings (SSSR count). The second-order valence-electron chi connectivity index (χ2n) is 7.22. The minimum absolute atomic E-state index is 0.464. The van der Waals surface area contributed by atoms with Crippen molar-refractivity contribution in [2.24, 2.45) is 0 Å². The number of aromatic nitrogens is 4. The van der Waals surface area contributed by atoms with Crippen LogP contribution in [-0.2, 0) is 9.47 Å². The number of fused-ring (bicyclic) bond motifs is 1. The first-order valence-electron chi connectivity index (χ1n) is 9.70. The molecule has 2 aromatic heterocycles. The number of hydrogen-bond acceptors (Lipinski definition) is 6. The van der Waals surface area contributed by atoms with Crippen LogP contribution in [-0.4, -0.2) is 60.0 Å². The maximum atomic E-state index is 5.28. The van der Waals surface area contributed by atoms with E-state index >= 15 is 0 Å². The highest BCUT2D eigenvalue weighted by Gasteiger charge is 2.19. The molecule has 8 heteroatoms. The fourth-order valence-corrected chi connectivity index (χ4v) is 3.78. The molecule has 2 heterocycles. The molecule has 7 nitrogen and oxygen atoms in total. The fourth-order valence-electron chi connectivity index (χ4n) is 3.19. The van der Waals surface area contributed by atoms with Crippen LogP contribution >= 0.6 is 15.9 Å². The summed E-state index contributed by atoms with van der Waals surface area (Å²) in [5, 5.41) is 0. The molecule has 29 heavy (non-hydrogen) atoms. The Balaban J connectivity index is 2.09. The van der Waals surface area contributed by atoms with Crippen molar-refractivity contribution in [3.05, 3.63) is 40.4 Å².